The van der Waals surface area contributed by atoms with Crippen LogP contribution in [0.3, 0.4) is 0 Å². The molecule has 4 heterocycles. The lowest BCUT2D eigenvalue weighted by atomic mass is 10.3. The van der Waals surface area contributed by atoms with E-state index in [-0.39, 0.29) is 0 Å². The van der Waals surface area contributed by atoms with Gasteiger partial charge in [-0.1, -0.05) is 0 Å². The van der Waals surface area contributed by atoms with Crippen LogP contribution in [-0.4, -0.2) is 71.7 Å². The molecule has 158 valence electrons. The van der Waals surface area contributed by atoms with Crippen LogP contribution in [0.2, 0.25) is 0 Å². The smallest absolute Gasteiger partial charge is 0.246 e. The van der Waals surface area contributed by atoms with Gasteiger partial charge in [-0.15, -0.1) is 0 Å². The number of piperazine rings is 1. The fourth-order valence-electron chi connectivity index (χ4n) is 4.17. The minimum atomic E-state index is -3.56. The number of rotatable bonds is 4. The maximum atomic E-state index is 13.2. The molecule has 0 amide bonds. The molecule has 2 aliphatic heterocycles. The molecule has 29 heavy (non-hydrogen) atoms. The zero-order chi connectivity index (χ0) is 20.8. The number of sulfonamides is 1. The van der Waals surface area contributed by atoms with Gasteiger partial charge in [-0.2, -0.15) is 14.4 Å². The van der Waals surface area contributed by atoms with Crippen LogP contribution in [0.5, 0.6) is 0 Å². The third kappa shape index (κ3) is 3.71. The lowest BCUT2D eigenvalue weighted by molar-refractivity contribution is 0.382. The molecule has 0 bridgehead atoms. The summed E-state index contributed by atoms with van der Waals surface area (Å²) in [6, 6.07) is 2.03. The van der Waals surface area contributed by atoms with Crippen LogP contribution in [0.4, 0.5) is 11.8 Å². The third-order valence-corrected chi connectivity index (χ3v) is 7.97. The number of nitrogens with zero attached hydrogens (tertiary/aromatic N) is 7. The Balaban J connectivity index is 1.51. The molecular weight excluding hydrogens is 390 g/mol. The monoisotopic (exact) mass is 419 g/mol. The Labute approximate surface area is 172 Å². The summed E-state index contributed by atoms with van der Waals surface area (Å²) >= 11 is 0. The Kier molecular flexibility index (Phi) is 5.24. The van der Waals surface area contributed by atoms with E-state index >= 15 is 0 Å². The van der Waals surface area contributed by atoms with E-state index in [0.29, 0.717) is 48.4 Å². The van der Waals surface area contributed by atoms with Crippen LogP contribution < -0.4 is 9.80 Å². The van der Waals surface area contributed by atoms with Crippen molar-refractivity contribution in [1.82, 2.24) is 24.1 Å². The molecule has 2 aliphatic rings. The van der Waals surface area contributed by atoms with Crippen molar-refractivity contribution in [3.63, 3.8) is 0 Å². The summed E-state index contributed by atoms with van der Waals surface area (Å²) in [5.41, 5.74) is 2.15. The molecule has 2 saturated heterocycles. The van der Waals surface area contributed by atoms with E-state index in [1.165, 1.54) is 12.8 Å². The fourth-order valence-corrected chi connectivity index (χ4v) is 5.99. The van der Waals surface area contributed by atoms with Crippen LogP contribution in [-0.2, 0) is 17.1 Å². The number of aromatic nitrogens is 4. The molecule has 0 saturated carbocycles. The lowest BCUT2D eigenvalue weighted by Gasteiger charge is -2.34. The summed E-state index contributed by atoms with van der Waals surface area (Å²) in [4.78, 5) is 14.1. The molecule has 0 aromatic carbocycles. The first-order valence-corrected chi connectivity index (χ1v) is 11.6. The first-order valence-electron chi connectivity index (χ1n) is 10.1. The fraction of sp³-hybridized carbons (Fsp3) is 0.632. The second-order valence-electron chi connectivity index (χ2n) is 7.88. The van der Waals surface area contributed by atoms with E-state index in [9.17, 15) is 8.42 Å². The summed E-state index contributed by atoms with van der Waals surface area (Å²) in [5, 5.41) is 4.27. The molecule has 2 aromatic rings. The Hall–Kier alpha value is -2.20. The highest BCUT2D eigenvalue weighted by Gasteiger charge is 2.33. The normalized spacial score (nSPS) is 18.6. The molecule has 0 unspecified atom stereocenters. The van der Waals surface area contributed by atoms with Gasteiger partial charge in [0.2, 0.25) is 16.0 Å². The largest absolute Gasteiger partial charge is 0.356 e. The number of anilines is 2. The SMILES string of the molecule is Cc1cc(N2CCCC2)nc(N2CCN(S(=O)(=O)c3c(C)nn(C)c3C)CC2)n1. The van der Waals surface area contributed by atoms with Crippen molar-refractivity contribution in [1.29, 1.82) is 0 Å². The van der Waals surface area contributed by atoms with E-state index in [0.717, 1.165) is 24.6 Å². The predicted molar refractivity (Wildman–Crippen MR) is 112 cm³/mol. The maximum Gasteiger partial charge on any atom is 0.246 e. The molecule has 2 aromatic heterocycles. The molecule has 0 N–H and O–H groups in total. The van der Waals surface area contributed by atoms with Gasteiger partial charge in [-0.3, -0.25) is 4.68 Å². The van der Waals surface area contributed by atoms with Gasteiger partial charge < -0.3 is 9.80 Å². The van der Waals surface area contributed by atoms with Crippen molar-refractivity contribution >= 4 is 21.8 Å². The topological polar surface area (TPSA) is 87.5 Å². The van der Waals surface area contributed by atoms with Crippen molar-refractivity contribution in [2.45, 2.75) is 38.5 Å². The molecule has 10 heteroatoms. The zero-order valence-electron chi connectivity index (χ0n) is 17.6. The Morgan fingerprint density at radius 2 is 1.55 bits per heavy atom. The highest BCUT2D eigenvalue weighted by atomic mass is 32.2. The van der Waals surface area contributed by atoms with Gasteiger partial charge >= 0.3 is 0 Å². The molecule has 0 radical (unpaired) electrons. The van der Waals surface area contributed by atoms with Crippen LogP contribution in [0, 0.1) is 20.8 Å². The van der Waals surface area contributed by atoms with Crippen LogP contribution in [0.1, 0.15) is 29.9 Å². The van der Waals surface area contributed by atoms with E-state index in [1.54, 1.807) is 29.9 Å². The average Bonchev–Trinajstić information content (AvgIpc) is 3.30. The number of aryl methyl sites for hydroxylation is 3. The number of hydrogen-bond donors (Lipinski definition) is 0. The highest BCUT2D eigenvalue weighted by molar-refractivity contribution is 7.89. The summed E-state index contributed by atoms with van der Waals surface area (Å²) in [7, 11) is -1.79. The summed E-state index contributed by atoms with van der Waals surface area (Å²) in [5.74, 6) is 1.67. The van der Waals surface area contributed by atoms with E-state index in [4.69, 9.17) is 4.98 Å². The Bertz CT molecular complexity index is 1000. The molecule has 0 spiro atoms. The van der Waals surface area contributed by atoms with Crippen LogP contribution in [0.15, 0.2) is 11.0 Å². The molecule has 9 nitrogen and oxygen atoms in total. The minimum Gasteiger partial charge on any atom is -0.356 e. The van der Waals surface area contributed by atoms with Crippen molar-refractivity contribution in [3.05, 3.63) is 23.1 Å². The van der Waals surface area contributed by atoms with Crippen molar-refractivity contribution in [3.8, 4) is 0 Å². The van der Waals surface area contributed by atoms with Gasteiger partial charge in [0.05, 0.1) is 11.4 Å². The second-order valence-corrected chi connectivity index (χ2v) is 9.75. The van der Waals surface area contributed by atoms with Crippen molar-refractivity contribution in [2.24, 2.45) is 7.05 Å². The summed E-state index contributed by atoms with van der Waals surface area (Å²) < 4.78 is 29.5. The van der Waals surface area contributed by atoms with E-state index in [2.05, 4.69) is 19.9 Å². The zero-order valence-corrected chi connectivity index (χ0v) is 18.4. The predicted octanol–water partition coefficient (Wildman–Crippen LogP) is 1.25. The van der Waals surface area contributed by atoms with E-state index < -0.39 is 10.0 Å². The van der Waals surface area contributed by atoms with Crippen LogP contribution in [0.25, 0.3) is 0 Å². The molecule has 0 atom stereocenters. The molecule has 4 rings (SSSR count). The van der Waals surface area contributed by atoms with Gasteiger partial charge in [-0.05, 0) is 33.6 Å². The van der Waals surface area contributed by atoms with E-state index in [1.807, 2.05) is 13.0 Å². The lowest BCUT2D eigenvalue weighted by Crippen LogP contribution is -2.49. The van der Waals surface area contributed by atoms with Gasteiger partial charge in [0.15, 0.2) is 0 Å². The van der Waals surface area contributed by atoms with Crippen LogP contribution >= 0.6 is 0 Å². The first kappa shape index (κ1) is 20.1. The number of hydrogen-bond acceptors (Lipinski definition) is 7. The van der Waals surface area contributed by atoms with Crippen molar-refractivity contribution < 1.29 is 8.42 Å². The molecule has 0 aliphatic carbocycles. The minimum absolute atomic E-state index is 0.330. The third-order valence-electron chi connectivity index (χ3n) is 5.82. The Morgan fingerprint density at radius 3 is 2.14 bits per heavy atom. The van der Waals surface area contributed by atoms with Gasteiger partial charge in [0.25, 0.3) is 0 Å². The molecular formula is C19H29N7O2S. The second kappa shape index (κ2) is 7.56. The van der Waals surface area contributed by atoms with Gasteiger partial charge in [0, 0.05) is 58.1 Å². The Morgan fingerprint density at radius 1 is 0.897 bits per heavy atom. The quantitative estimate of drug-likeness (QED) is 0.737. The summed E-state index contributed by atoms with van der Waals surface area (Å²) in [6.45, 7) is 9.55. The average molecular weight is 420 g/mol. The van der Waals surface area contributed by atoms with Gasteiger partial charge in [0.1, 0.15) is 10.7 Å². The maximum absolute atomic E-state index is 13.2. The first-order chi connectivity index (χ1) is 13.8. The van der Waals surface area contributed by atoms with Gasteiger partial charge in [-0.25, -0.2) is 13.4 Å². The standard InChI is InChI=1S/C19H29N7O2S/c1-14-13-17(24-7-5-6-8-24)21-19(20-14)25-9-11-26(12-10-25)29(27,28)18-15(2)22-23(4)16(18)3/h13H,5-12H2,1-4H3. The highest BCUT2D eigenvalue weighted by Crippen LogP contribution is 2.26. The molecule has 2 fully saturated rings. The summed E-state index contributed by atoms with van der Waals surface area (Å²) in [6.07, 6.45) is 2.39. The van der Waals surface area contributed by atoms with Crippen molar-refractivity contribution in [2.75, 3.05) is 49.1 Å².